The van der Waals surface area contributed by atoms with E-state index in [-0.39, 0.29) is 5.91 Å². The van der Waals surface area contributed by atoms with Gasteiger partial charge in [0.2, 0.25) is 0 Å². The molecule has 1 amide bonds. The first-order valence-corrected chi connectivity index (χ1v) is 12.2. The zero-order chi connectivity index (χ0) is 22.5. The number of nitriles is 1. The van der Waals surface area contributed by atoms with Gasteiger partial charge in [-0.2, -0.15) is 5.26 Å². The second-order valence-electron chi connectivity index (χ2n) is 7.20. The van der Waals surface area contributed by atoms with Crippen molar-refractivity contribution >= 4 is 46.3 Å². The molecule has 0 bridgehead atoms. The molecular weight excluding hydrogens is 458 g/mol. The van der Waals surface area contributed by atoms with Gasteiger partial charge in [0.05, 0.1) is 22.6 Å². The molecule has 0 aliphatic carbocycles. The maximum absolute atomic E-state index is 13.3. The van der Waals surface area contributed by atoms with Gasteiger partial charge >= 0.3 is 0 Å². The van der Waals surface area contributed by atoms with Crippen molar-refractivity contribution in [3.05, 3.63) is 109 Å². The van der Waals surface area contributed by atoms with Crippen LogP contribution in [0.5, 0.6) is 0 Å². The highest BCUT2D eigenvalue weighted by molar-refractivity contribution is 8.02. The summed E-state index contributed by atoms with van der Waals surface area (Å²) in [5.74, 6) is 0.0486. The fraction of sp³-hybridized carbons (Fsp3) is 0.120. The molecule has 4 rings (SSSR count). The van der Waals surface area contributed by atoms with E-state index in [2.05, 4.69) is 16.7 Å². The first-order valence-electron chi connectivity index (χ1n) is 9.96. The van der Waals surface area contributed by atoms with Gasteiger partial charge in [0.15, 0.2) is 0 Å². The average Bonchev–Trinajstić information content (AvgIpc) is 3.33. The Labute approximate surface area is 200 Å². The number of thiophene rings is 1. The van der Waals surface area contributed by atoms with Crippen molar-refractivity contribution in [3.8, 4) is 6.07 Å². The number of benzene rings is 2. The van der Waals surface area contributed by atoms with E-state index in [9.17, 15) is 10.1 Å². The molecule has 32 heavy (non-hydrogen) atoms. The molecule has 0 spiro atoms. The molecule has 0 radical (unpaired) electrons. The molecule has 1 aliphatic heterocycles. The minimum atomic E-state index is -0.419. The SMILES string of the molecule is CC1=C(C(=O)Nc2ccccc2)C(c2cccs2)C(C#N)=C(SCc2ccc(Cl)cc2)N1. The summed E-state index contributed by atoms with van der Waals surface area (Å²) < 4.78 is 0. The Balaban J connectivity index is 1.66. The Hall–Kier alpha value is -2.98. The molecule has 2 heterocycles. The van der Waals surface area contributed by atoms with Crippen molar-refractivity contribution in [1.82, 2.24) is 5.32 Å². The number of dihydropyridines is 1. The van der Waals surface area contributed by atoms with Gasteiger partial charge in [-0.3, -0.25) is 4.79 Å². The van der Waals surface area contributed by atoms with Crippen molar-refractivity contribution < 1.29 is 4.79 Å². The van der Waals surface area contributed by atoms with Crippen molar-refractivity contribution in [1.29, 1.82) is 5.26 Å². The van der Waals surface area contributed by atoms with Crippen LogP contribution in [0.3, 0.4) is 0 Å². The number of anilines is 1. The Kier molecular flexibility index (Phi) is 7.01. The van der Waals surface area contributed by atoms with Gasteiger partial charge in [-0.1, -0.05) is 48.0 Å². The van der Waals surface area contributed by atoms with Gasteiger partial charge in [-0.15, -0.1) is 23.1 Å². The first kappa shape index (κ1) is 22.2. The molecule has 0 saturated carbocycles. The lowest BCUT2D eigenvalue weighted by atomic mass is 9.86. The van der Waals surface area contributed by atoms with Crippen molar-refractivity contribution in [3.63, 3.8) is 0 Å². The largest absolute Gasteiger partial charge is 0.353 e. The summed E-state index contributed by atoms with van der Waals surface area (Å²) in [5.41, 5.74) is 3.68. The van der Waals surface area contributed by atoms with Crippen LogP contribution in [0.25, 0.3) is 0 Å². The van der Waals surface area contributed by atoms with Gasteiger partial charge in [0, 0.05) is 32.6 Å². The van der Waals surface area contributed by atoms with E-state index in [4.69, 9.17) is 11.6 Å². The van der Waals surface area contributed by atoms with Gasteiger partial charge in [0.25, 0.3) is 5.91 Å². The molecule has 160 valence electrons. The standard InChI is InChI=1S/C25H20ClN3OS2/c1-16-22(24(30)29-19-6-3-2-4-7-19)23(21-8-5-13-31-21)20(14-27)25(28-16)32-15-17-9-11-18(26)12-10-17/h2-13,23,28H,15H2,1H3,(H,29,30). The maximum atomic E-state index is 13.3. The number of hydrogen-bond donors (Lipinski definition) is 2. The smallest absolute Gasteiger partial charge is 0.254 e. The third kappa shape index (κ3) is 4.91. The Morgan fingerprint density at radius 3 is 2.56 bits per heavy atom. The fourth-order valence-corrected chi connectivity index (χ4v) is 5.54. The third-order valence-corrected chi connectivity index (χ3v) is 7.33. The number of amides is 1. The van der Waals surface area contributed by atoms with E-state index >= 15 is 0 Å². The molecule has 1 aromatic heterocycles. The van der Waals surface area contributed by atoms with Crippen LogP contribution in [0.15, 0.2) is 94.0 Å². The second-order valence-corrected chi connectivity index (χ2v) is 9.60. The molecular formula is C25H20ClN3OS2. The molecule has 3 aromatic rings. The Morgan fingerprint density at radius 1 is 1.16 bits per heavy atom. The van der Waals surface area contributed by atoms with E-state index in [1.807, 2.05) is 79.0 Å². The number of nitrogens with zero attached hydrogens (tertiary/aromatic N) is 1. The number of carbonyl (C=O) groups is 1. The predicted octanol–water partition coefficient (Wildman–Crippen LogP) is 6.67. The van der Waals surface area contributed by atoms with E-state index in [0.29, 0.717) is 27.6 Å². The minimum absolute atomic E-state index is 0.214. The summed E-state index contributed by atoms with van der Waals surface area (Å²) in [7, 11) is 0. The second kappa shape index (κ2) is 10.1. The maximum Gasteiger partial charge on any atom is 0.254 e. The number of carbonyl (C=O) groups excluding carboxylic acids is 1. The van der Waals surface area contributed by atoms with Crippen LogP contribution >= 0.6 is 34.7 Å². The van der Waals surface area contributed by atoms with Gasteiger partial charge < -0.3 is 10.6 Å². The highest BCUT2D eigenvalue weighted by Gasteiger charge is 2.35. The molecule has 1 aliphatic rings. The number of allylic oxidation sites excluding steroid dienone is 2. The summed E-state index contributed by atoms with van der Waals surface area (Å²) in [6.45, 7) is 1.89. The fourth-order valence-electron chi connectivity index (χ4n) is 3.52. The van der Waals surface area contributed by atoms with E-state index in [0.717, 1.165) is 21.2 Å². The van der Waals surface area contributed by atoms with Crippen LogP contribution in [-0.2, 0) is 10.5 Å². The van der Waals surface area contributed by atoms with Crippen LogP contribution in [0, 0.1) is 11.3 Å². The van der Waals surface area contributed by atoms with Crippen LogP contribution in [0.2, 0.25) is 5.02 Å². The topological polar surface area (TPSA) is 64.9 Å². The lowest BCUT2D eigenvalue weighted by molar-refractivity contribution is -0.113. The zero-order valence-corrected chi connectivity index (χ0v) is 19.7. The number of hydrogen-bond acceptors (Lipinski definition) is 5. The lowest BCUT2D eigenvalue weighted by Gasteiger charge is -2.29. The van der Waals surface area contributed by atoms with Crippen molar-refractivity contribution in [2.45, 2.75) is 18.6 Å². The van der Waals surface area contributed by atoms with Crippen molar-refractivity contribution in [2.75, 3.05) is 5.32 Å². The minimum Gasteiger partial charge on any atom is -0.353 e. The summed E-state index contributed by atoms with van der Waals surface area (Å²) in [5, 5.41) is 19.8. The van der Waals surface area contributed by atoms with Gasteiger partial charge in [0.1, 0.15) is 0 Å². The van der Waals surface area contributed by atoms with Crippen LogP contribution < -0.4 is 10.6 Å². The van der Waals surface area contributed by atoms with Gasteiger partial charge in [-0.05, 0) is 48.2 Å². The molecule has 0 fully saturated rings. The molecule has 2 N–H and O–H groups in total. The average molecular weight is 478 g/mol. The zero-order valence-electron chi connectivity index (χ0n) is 17.3. The summed E-state index contributed by atoms with van der Waals surface area (Å²) >= 11 is 9.09. The molecule has 1 unspecified atom stereocenters. The van der Waals surface area contributed by atoms with Crippen molar-refractivity contribution in [2.24, 2.45) is 0 Å². The number of halogens is 1. The summed E-state index contributed by atoms with van der Waals surface area (Å²) in [4.78, 5) is 14.3. The van der Waals surface area contributed by atoms with E-state index in [1.165, 1.54) is 0 Å². The lowest BCUT2D eigenvalue weighted by Crippen LogP contribution is -2.30. The predicted molar refractivity (Wildman–Crippen MR) is 133 cm³/mol. The third-order valence-electron chi connectivity index (χ3n) is 5.05. The van der Waals surface area contributed by atoms with Crippen LogP contribution in [0.1, 0.15) is 23.3 Å². The molecule has 1 atom stereocenters. The number of para-hydroxylation sites is 1. The highest BCUT2D eigenvalue weighted by Crippen LogP contribution is 2.43. The molecule has 4 nitrogen and oxygen atoms in total. The quantitative estimate of drug-likeness (QED) is 0.416. The molecule has 2 aromatic carbocycles. The first-order chi connectivity index (χ1) is 15.6. The highest BCUT2D eigenvalue weighted by atomic mass is 35.5. The van der Waals surface area contributed by atoms with Crippen LogP contribution in [0.4, 0.5) is 5.69 Å². The molecule has 0 saturated heterocycles. The summed E-state index contributed by atoms with van der Waals surface area (Å²) in [6.07, 6.45) is 0. The normalized spacial score (nSPS) is 15.8. The van der Waals surface area contributed by atoms with Crippen LogP contribution in [-0.4, -0.2) is 5.91 Å². The van der Waals surface area contributed by atoms with E-state index in [1.54, 1.807) is 23.1 Å². The number of thioether (sulfide) groups is 1. The number of rotatable bonds is 6. The van der Waals surface area contributed by atoms with Gasteiger partial charge in [-0.25, -0.2) is 0 Å². The summed E-state index contributed by atoms with van der Waals surface area (Å²) in [6, 6.07) is 23.3. The Morgan fingerprint density at radius 2 is 1.91 bits per heavy atom. The molecule has 7 heteroatoms. The monoisotopic (exact) mass is 477 g/mol. The van der Waals surface area contributed by atoms with E-state index < -0.39 is 5.92 Å². The Bertz CT molecular complexity index is 1210. The number of nitrogens with one attached hydrogen (secondary N) is 2.